The predicted molar refractivity (Wildman–Crippen MR) is 74.2 cm³/mol. The van der Waals surface area contributed by atoms with Crippen LogP contribution in [0.4, 0.5) is 5.82 Å². The van der Waals surface area contributed by atoms with Crippen LogP contribution in [0.5, 0.6) is 0 Å². The summed E-state index contributed by atoms with van der Waals surface area (Å²) in [4.78, 5) is 15.4. The summed E-state index contributed by atoms with van der Waals surface area (Å²) in [5, 5.41) is 7.98. The van der Waals surface area contributed by atoms with Crippen LogP contribution in [0.25, 0.3) is 10.9 Å². The molecule has 0 aliphatic carbocycles. The van der Waals surface area contributed by atoms with Crippen molar-refractivity contribution < 1.29 is 4.79 Å². The van der Waals surface area contributed by atoms with Gasteiger partial charge in [-0.05, 0) is 13.0 Å². The number of H-pyrrole nitrogens is 1. The molecule has 0 bridgehead atoms. The van der Waals surface area contributed by atoms with E-state index in [9.17, 15) is 4.79 Å². The lowest BCUT2D eigenvalue weighted by Gasteiger charge is -2.03. The predicted octanol–water partition coefficient (Wildman–Crippen LogP) is 2.46. The summed E-state index contributed by atoms with van der Waals surface area (Å²) >= 11 is 0. The fourth-order valence-corrected chi connectivity index (χ4v) is 2.17. The number of nitrogens with zero attached hydrogens (tertiary/aromatic N) is 2. The van der Waals surface area contributed by atoms with Crippen LogP contribution in [0.2, 0.25) is 0 Å². The van der Waals surface area contributed by atoms with E-state index in [0.717, 1.165) is 16.6 Å². The number of para-hydroxylation sites is 1. The zero-order valence-corrected chi connectivity index (χ0v) is 10.8. The van der Waals surface area contributed by atoms with Crippen LogP contribution in [0.3, 0.4) is 0 Å². The zero-order valence-electron chi connectivity index (χ0n) is 10.8. The maximum absolute atomic E-state index is 12.3. The number of amides is 1. The number of benzene rings is 1. The maximum Gasteiger partial charge on any atom is 0.258 e. The van der Waals surface area contributed by atoms with Gasteiger partial charge in [-0.3, -0.25) is 9.48 Å². The van der Waals surface area contributed by atoms with Gasteiger partial charge in [0.25, 0.3) is 5.91 Å². The van der Waals surface area contributed by atoms with Crippen LogP contribution in [0, 0.1) is 6.92 Å². The lowest BCUT2D eigenvalue weighted by Crippen LogP contribution is -2.14. The number of rotatable bonds is 2. The van der Waals surface area contributed by atoms with Crippen molar-refractivity contribution in [1.82, 2.24) is 14.8 Å². The highest BCUT2D eigenvalue weighted by molar-refractivity contribution is 6.12. The van der Waals surface area contributed by atoms with Gasteiger partial charge in [0, 0.05) is 30.2 Å². The van der Waals surface area contributed by atoms with Crippen LogP contribution in [0.1, 0.15) is 16.1 Å². The lowest BCUT2D eigenvalue weighted by atomic mass is 10.1. The van der Waals surface area contributed by atoms with Gasteiger partial charge in [0.2, 0.25) is 0 Å². The van der Waals surface area contributed by atoms with E-state index in [1.54, 1.807) is 17.9 Å². The summed E-state index contributed by atoms with van der Waals surface area (Å²) in [7, 11) is 1.80. The first-order chi connectivity index (χ1) is 9.15. The monoisotopic (exact) mass is 254 g/mol. The molecule has 0 saturated heterocycles. The Hall–Kier alpha value is -2.56. The molecule has 0 radical (unpaired) electrons. The van der Waals surface area contributed by atoms with E-state index in [1.807, 2.05) is 37.3 Å². The van der Waals surface area contributed by atoms with E-state index in [1.165, 1.54) is 0 Å². The van der Waals surface area contributed by atoms with E-state index in [-0.39, 0.29) is 5.91 Å². The quantitative estimate of drug-likeness (QED) is 0.738. The molecule has 1 aromatic carbocycles. The SMILES string of the molecule is Cc1cc(NC(=O)c2c[nH]c3ccccc23)n(C)n1. The summed E-state index contributed by atoms with van der Waals surface area (Å²) in [5.41, 5.74) is 2.46. The lowest BCUT2D eigenvalue weighted by molar-refractivity contribution is 0.102. The van der Waals surface area contributed by atoms with Crippen molar-refractivity contribution >= 4 is 22.6 Å². The summed E-state index contributed by atoms with van der Waals surface area (Å²) < 4.78 is 1.65. The molecule has 2 aromatic heterocycles. The van der Waals surface area contributed by atoms with E-state index >= 15 is 0 Å². The van der Waals surface area contributed by atoms with Gasteiger partial charge >= 0.3 is 0 Å². The van der Waals surface area contributed by atoms with E-state index in [0.29, 0.717) is 11.4 Å². The van der Waals surface area contributed by atoms with Crippen LogP contribution >= 0.6 is 0 Å². The van der Waals surface area contributed by atoms with Crippen molar-refractivity contribution in [3.05, 3.63) is 47.8 Å². The van der Waals surface area contributed by atoms with Crippen molar-refractivity contribution in [2.24, 2.45) is 7.05 Å². The Labute approximate surface area is 110 Å². The van der Waals surface area contributed by atoms with Crippen molar-refractivity contribution in [1.29, 1.82) is 0 Å². The van der Waals surface area contributed by atoms with Gasteiger partial charge in [-0.1, -0.05) is 18.2 Å². The minimum Gasteiger partial charge on any atom is -0.360 e. The Bertz CT molecular complexity index is 754. The molecular formula is C14H14N4O. The van der Waals surface area contributed by atoms with Gasteiger partial charge in [-0.15, -0.1) is 0 Å². The average molecular weight is 254 g/mol. The third kappa shape index (κ3) is 1.99. The number of fused-ring (bicyclic) bond motifs is 1. The van der Waals surface area contributed by atoms with Crippen LogP contribution < -0.4 is 5.32 Å². The number of hydrogen-bond donors (Lipinski definition) is 2. The molecule has 0 spiro atoms. The summed E-state index contributed by atoms with van der Waals surface area (Å²) in [6, 6.07) is 9.56. The molecule has 0 aliphatic heterocycles. The van der Waals surface area contributed by atoms with Gasteiger partial charge in [0.05, 0.1) is 11.3 Å². The minimum absolute atomic E-state index is 0.138. The van der Waals surface area contributed by atoms with Gasteiger partial charge in [-0.2, -0.15) is 5.10 Å². The summed E-state index contributed by atoms with van der Waals surface area (Å²) in [6.07, 6.45) is 1.73. The molecule has 0 saturated carbocycles. The number of aromatic amines is 1. The molecule has 5 heteroatoms. The van der Waals surface area contributed by atoms with Crippen molar-refractivity contribution in [2.75, 3.05) is 5.32 Å². The minimum atomic E-state index is -0.138. The number of nitrogens with one attached hydrogen (secondary N) is 2. The molecule has 3 rings (SSSR count). The average Bonchev–Trinajstić information content (AvgIpc) is 2.93. The summed E-state index contributed by atoms with van der Waals surface area (Å²) in [6.45, 7) is 1.89. The molecule has 5 nitrogen and oxygen atoms in total. The fourth-order valence-electron chi connectivity index (χ4n) is 2.17. The first-order valence-corrected chi connectivity index (χ1v) is 6.03. The zero-order chi connectivity index (χ0) is 13.4. The second-order valence-electron chi connectivity index (χ2n) is 4.50. The topological polar surface area (TPSA) is 62.7 Å². The molecule has 1 amide bonds. The Morgan fingerprint density at radius 1 is 1.37 bits per heavy atom. The molecule has 0 unspecified atom stereocenters. The van der Waals surface area contributed by atoms with Gasteiger partial charge < -0.3 is 10.3 Å². The second-order valence-corrected chi connectivity index (χ2v) is 4.50. The third-order valence-electron chi connectivity index (χ3n) is 3.08. The molecule has 3 aromatic rings. The van der Waals surface area contributed by atoms with E-state index in [4.69, 9.17) is 0 Å². The Morgan fingerprint density at radius 3 is 2.89 bits per heavy atom. The molecular weight excluding hydrogens is 240 g/mol. The highest BCUT2D eigenvalue weighted by atomic mass is 16.1. The number of carbonyl (C=O) groups is 1. The smallest absolute Gasteiger partial charge is 0.258 e. The van der Waals surface area contributed by atoms with Crippen LogP contribution in [0.15, 0.2) is 36.5 Å². The van der Waals surface area contributed by atoms with Crippen LogP contribution in [-0.4, -0.2) is 20.7 Å². The molecule has 96 valence electrons. The normalized spacial score (nSPS) is 10.8. The number of aryl methyl sites for hydroxylation is 2. The van der Waals surface area contributed by atoms with E-state index < -0.39 is 0 Å². The van der Waals surface area contributed by atoms with Gasteiger partial charge in [0.15, 0.2) is 0 Å². The van der Waals surface area contributed by atoms with Crippen molar-refractivity contribution in [2.45, 2.75) is 6.92 Å². The van der Waals surface area contributed by atoms with Crippen LogP contribution in [-0.2, 0) is 7.05 Å². The number of anilines is 1. The highest BCUT2D eigenvalue weighted by Gasteiger charge is 2.13. The maximum atomic E-state index is 12.3. The van der Waals surface area contributed by atoms with Crippen molar-refractivity contribution in [3.8, 4) is 0 Å². The number of carbonyl (C=O) groups excluding carboxylic acids is 1. The molecule has 0 aliphatic rings. The first kappa shape index (κ1) is 11.5. The van der Waals surface area contributed by atoms with Gasteiger partial charge in [-0.25, -0.2) is 0 Å². The highest BCUT2D eigenvalue weighted by Crippen LogP contribution is 2.19. The second kappa shape index (κ2) is 4.28. The molecule has 2 heterocycles. The Balaban J connectivity index is 1.94. The fraction of sp³-hybridized carbons (Fsp3) is 0.143. The Morgan fingerprint density at radius 2 is 2.16 bits per heavy atom. The van der Waals surface area contributed by atoms with Gasteiger partial charge in [0.1, 0.15) is 5.82 Å². The first-order valence-electron chi connectivity index (χ1n) is 6.03. The standard InChI is InChI=1S/C14H14N4O/c1-9-7-13(18(2)17-9)16-14(19)11-8-15-12-6-4-3-5-10(11)12/h3-8,15H,1-2H3,(H,16,19). The van der Waals surface area contributed by atoms with Crippen molar-refractivity contribution in [3.63, 3.8) is 0 Å². The third-order valence-corrected chi connectivity index (χ3v) is 3.08. The molecule has 0 atom stereocenters. The molecule has 2 N–H and O–H groups in total. The summed E-state index contributed by atoms with van der Waals surface area (Å²) in [5.74, 6) is 0.549. The largest absolute Gasteiger partial charge is 0.360 e. The van der Waals surface area contributed by atoms with E-state index in [2.05, 4.69) is 15.4 Å². The number of aromatic nitrogens is 3. The molecule has 19 heavy (non-hydrogen) atoms. The molecule has 0 fully saturated rings. The Kier molecular flexibility index (Phi) is 2.59. The number of hydrogen-bond acceptors (Lipinski definition) is 2.